The van der Waals surface area contributed by atoms with Crippen LogP contribution in [-0.2, 0) is 0 Å². The summed E-state index contributed by atoms with van der Waals surface area (Å²) < 4.78 is 13.6. The number of nitrogen functional groups attached to an aromatic ring is 1. The number of rotatable bonds is 7. The summed E-state index contributed by atoms with van der Waals surface area (Å²) in [7, 11) is 0. The molecular formula is C14H23FN2. The maximum absolute atomic E-state index is 13.6. The van der Waals surface area contributed by atoms with Gasteiger partial charge in [-0.1, -0.05) is 33.1 Å². The lowest BCUT2D eigenvalue weighted by Crippen LogP contribution is -2.19. The van der Waals surface area contributed by atoms with Crippen LogP contribution in [0, 0.1) is 5.82 Å². The number of nitrogens with two attached hydrogens (primary N) is 1. The Bertz CT molecular complexity index is 339. The number of nitrogens with one attached hydrogen (secondary N) is 1. The molecular weight excluding hydrogens is 215 g/mol. The van der Waals surface area contributed by atoms with Gasteiger partial charge in [-0.05, 0) is 31.0 Å². The number of benzene rings is 1. The minimum atomic E-state index is -0.261. The Balaban J connectivity index is 2.64. The summed E-state index contributed by atoms with van der Waals surface area (Å²) >= 11 is 0. The molecule has 1 aromatic carbocycles. The fourth-order valence-electron chi connectivity index (χ4n) is 1.96. The Hall–Kier alpha value is -1.25. The van der Waals surface area contributed by atoms with Gasteiger partial charge < -0.3 is 11.1 Å². The number of unbranched alkanes of at least 4 members (excludes halogenated alkanes) is 1. The molecule has 1 unspecified atom stereocenters. The SMILES string of the molecule is CCCCC(CCC)Nc1ccc(N)cc1F. The minimum Gasteiger partial charge on any atom is -0.399 e. The zero-order valence-corrected chi connectivity index (χ0v) is 10.8. The van der Waals surface area contributed by atoms with Crippen LogP contribution in [0.4, 0.5) is 15.8 Å². The Morgan fingerprint density at radius 2 is 2.00 bits per heavy atom. The van der Waals surface area contributed by atoms with E-state index < -0.39 is 0 Å². The van der Waals surface area contributed by atoms with Gasteiger partial charge in [0, 0.05) is 11.7 Å². The topological polar surface area (TPSA) is 38.0 Å². The molecule has 0 heterocycles. The predicted molar refractivity (Wildman–Crippen MR) is 72.7 cm³/mol. The van der Waals surface area contributed by atoms with Crippen molar-refractivity contribution in [3.05, 3.63) is 24.0 Å². The average molecular weight is 238 g/mol. The molecule has 2 nitrogen and oxygen atoms in total. The lowest BCUT2D eigenvalue weighted by atomic mass is 10.0. The quantitative estimate of drug-likeness (QED) is 0.699. The third-order valence-electron chi connectivity index (χ3n) is 2.90. The van der Waals surface area contributed by atoms with Crippen LogP contribution in [0.25, 0.3) is 0 Å². The fourth-order valence-corrected chi connectivity index (χ4v) is 1.96. The van der Waals surface area contributed by atoms with E-state index in [1.54, 1.807) is 12.1 Å². The van der Waals surface area contributed by atoms with Crippen molar-refractivity contribution in [2.75, 3.05) is 11.1 Å². The maximum atomic E-state index is 13.6. The summed E-state index contributed by atoms with van der Waals surface area (Å²) in [6, 6.07) is 5.18. The van der Waals surface area contributed by atoms with E-state index in [2.05, 4.69) is 19.2 Å². The molecule has 1 atom stereocenters. The van der Waals surface area contributed by atoms with Crippen LogP contribution >= 0.6 is 0 Å². The molecule has 0 aliphatic heterocycles. The van der Waals surface area contributed by atoms with Crippen LogP contribution in [0.3, 0.4) is 0 Å². The molecule has 17 heavy (non-hydrogen) atoms. The van der Waals surface area contributed by atoms with Gasteiger partial charge in [0.2, 0.25) is 0 Å². The van der Waals surface area contributed by atoms with E-state index in [4.69, 9.17) is 5.73 Å². The molecule has 0 aromatic heterocycles. The molecule has 1 aromatic rings. The Kier molecular flexibility index (Phi) is 5.81. The summed E-state index contributed by atoms with van der Waals surface area (Å²) in [6.07, 6.45) is 5.62. The molecule has 0 amide bonds. The number of halogens is 1. The first-order chi connectivity index (χ1) is 8.17. The van der Waals surface area contributed by atoms with Gasteiger partial charge in [0.1, 0.15) is 5.82 Å². The standard InChI is InChI=1S/C14H23FN2/c1-3-5-7-12(6-4-2)17-14-9-8-11(16)10-13(14)15/h8-10,12,17H,3-7,16H2,1-2H3. The second-order valence-electron chi connectivity index (χ2n) is 4.51. The van der Waals surface area contributed by atoms with E-state index in [0.29, 0.717) is 17.4 Å². The first-order valence-corrected chi connectivity index (χ1v) is 6.49. The van der Waals surface area contributed by atoms with Gasteiger partial charge in [0.15, 0.2) is 0 Å². The zero-order valence-electron chi connectivity index (χ0n) is 10.8. The van der Waals surface area contributed by atoms with Crippen LogP contribution in [0.1, 0.15) is 46.0 Å². The molecule has 0 aliphatic carbocycles. The van der Waals surface area contributed by atoms with Gasteiger partial charge in [-0.3, -0.25) is 0 Å². The Morgan fingerprint density at radius 3 is 2.59 bits per heavy atom. The van der Waals surface area contributed by atoms with Crippen LogP contribution in [0.5, 0.6) is 0 Å². The summed E-state index contributed by atoms with van der Waals surface area (Å²) in [6.45, 7) is 4.33. The highest BCUT2D eigenvalue weighted by molar-refractivity contribution is 5.53. The van der Waals surface area contributed by atoms with Crippen molar-refractivity contribution in [1.82, 2.24) is 0 Å². The normalized spacial score (nSPS) is 12.4. The van der Waals surface area contributed by atoms with E-state index in [-0.39, 0.29) is 5.82 Å². The molecule has 3 N–H and O–H groups in total. The highest BCUT2D eigenvalue weighted by Crippen LogP contribution is 2.20. The monoisotopic (exact) mass is 238 g/mol. The first kappa shape index (κ1) is 13.8. The van der Waals surface area contributed by atoms with E-state index in [0.717, 1.165) is 19.3 Å². The predicted octanol–water partition coefficient (Wildman–Crippen LogP) is 4.18. The van der Waals surface area contributed by atoms with Crippen molar-refractivity contribution in [2.24, 2.45) is 0 Å². The van der Waals surface area contributed by atoms with Crippen molar-refractivity contribution < 1.29 is 4.39 Å². The molecule has 0 aliphatic rings. The molecule has 0 saturated heterocycles. The summed E-state index contributed by atoms with van der Waals surface area (Å²) in [4.78, 5) is 0. The second kappa shape index (κ2) is 7.15. The zero-order chi connectivity index (χ0) is 12.7. The van der Waals surface area contributed by atoms with Crippen LogP contribution < -0.4 is 11.1 Å². The smallest absolute Gasteiger partial charge is 0.148 e. The van der Waals surface area contributed by atoms with Crippen molar-refractivity contribution in [3.8, 4) is 0 Å². The molecule has 0 bridgehead atoms. The Morgan fingerprint density at radius 1 is 1.24 bits per heavy atom. The molecule has 96 valence electrons. The van der Waals surface area contributed by atoms with Gasteiger partial charge in [-0.25, -0.2) is 4.39 Å². The van der Waals surface area contributed by atoms with Gasteiger partial charge in [0.25, 0.3) is 0 Å². The maximum Gasteiger partial charge on any atom is 0.148 e. The van der Waals surface area contributed by atoms with Crippen LogP contribution in [0.15, 0.2) is 18.2 Å². The third-order valence-corrected chi connectivity index (χ3v) is 2.90. The van der Waals surface area contributed by atoms with Gasteiger partial charge >= 0.3 is 0 Å². The van der Waals surface area contributed by atoms with E-state index in [1.165, 1.54) is 18.9 Å². The highest BCUT2D eigenvalue weighted by atomic mass is 19.1. The largest absolute Gasteiger partial charge is 0.399 e. The molecule has 0 fully saturated rings. The first-order valence-electron chi connectivity index (χ1n) is 6.49. The fraction of sp³-hybridized carbons (Fsp3) is 0.571. The molecule has 0 radical (unpaired) electrons. The summed E-state index contributed by atoms with van der Waals surface area (Å²) in [5.74, 6) is -0.261. The van der Waals surface area contributed by atoms with Gasteiger partial charge in [0.05, 0.1) is 5.69 Å². The summed E-state index contributed by atoms with van der Waals surface area (Å²) in [5, 5.41) is 3.28. The lowest BCUT2D eigenvalue weighted by molar-refractivity contribution is 0.557. The second-order valence-corrected chi connectivity index (χ2v) is 4.51. The van der Waals surface area contributed by atoms with E-state index in [9.17, 15) is 4.39 Å². The molecule has 0 spiro atoms. The number of hydrogen-bond acceptors (Lipinski definition) is 2. The number of hydrogen-bond donors (Lipinski definition) is 2. The molecule has 1 rings (SSSR count). The minimum absolute atomic E-state index is 0.261. The van der Waals surface area contributed by atoms with Crippen LogP contribution in [0.2, 0.25) is 0 Å². The Labute approximate surface area is 103 Å². The van der Waals surface area contributed by atoms with E-state index >= 15 is 0 Å². The highest BCUT2D eigenvalue weighted by Gasteiger charge is 2.09. The molecule has 0 saturated carbocycles. The lowest BCUT2D eigenvalue weighted by Gasteiger charge is -2.19. The van der Waals surface area contributed by atoms with Gasteiger partial charge in [-0.2, -0.15) is 0 Å². The third kappa shape index (κ3) is 4.63. The van der Waals surface area contributed by atoms with Crippen molar-refractivity contribution in [2.45, 2.75) is 52.0 Å². The summed E-state index contributed by atoms with van der Waals surface area (Å²) in [5.41, 5.74) is 6.56. The van der Waals surface area contributed by atoms with Crippen molar-refractivity contribution in [3.63, 3.8) is 0 Å². The van der Waals surface area contributed by atoms with Crippen molar-refractivity contribution >= 4 is 11.4 Å². The van der Waals surface area contributed by atoms with Crippen molar-refractivity contribution in [1.29, 1.82) is 0 Å². The van der Waals surface area contributed by atoms with Gasteiger partial charge in [-0.15, -0.1) is 0 Å². The van der Waals surface area contributed by atoms with Crippen LogP contribution in [-0.4, -0.2) is 6.04 Å². The van der Waals surface area contributed by atoms with E-state index in [1.807, 2.05) is 0 Å². The average Bonchev–Trinajstić information content (AvgIpc) is 2.29. The molecule has 3 heteroatoms. The number of anilines is 2.